The molecule has 0 N–H and O–H groups in total. The molecule has 1 aromatic carbocycles. The lowest BCUT2D eigenvalue weighted by Gasteiger charge is -2.05. The van der Waals surface area contributed by atoms with E-state index in [9.17, 15) is 13.6 Å². The topological polar surface area (TPSA) is 35.5 Å². The Labute approximate surface area is 84.6 Å². The maximum Gasteiger partial charge on any atom is 0.316 e. The molecule has 5 heteroatoms. The number of methoxy groups -OCH3 is 1. The molecule has 0 radical (unpaired) electrons. The first-order chi connectivity index (χ1) is 7.15. The van der Waals surface area contributed by atoms with Crippen LogP contribution < -0.4 is 4.74 Å². The highest BCUT2D eigenvalue weighted by atomic mass is 19.2. The molecule has 1 aliphatic rings. The Bertz CT molecular complexity index is 417. The third kappa shape index (κ3) is 1.44. The van der Waals surface area contributed by atoms with Crippen LogP contribution in [0.15, 0.2) is 12.1 Å². The van der Waals surface area contributed by atoms with Gasteiger partial charge in [-0.05, 0) is 6.07 Å². The summed E-state index contributed by atoms with van der Waals surface area (Å²) in [5, 5.41) is 0. The van der Waals surface area contributed by atoms with Crippen LogP contribution in [-0.4, -0.2) is 19.7 Å². The quantitative estimate of drug-likeness (QED) is 0.666. The Morgan fingerprint density at radius 1 is 1.53 bits per heavy atom. The maximum atomic E-state index is 13.2. The zero-order valence-corrected chi connectivity index (χ0v) is 7.92. The number of fused-ring (bicyclic) bond motifs is 1. The van der Waals surface area contributed by atoms with Crippen LogP contribution in [0, 0.1) is 11.6 Å². The largest absolute Gasteiger partial charge is 0.489 e. The van der Waals surface area contributed by atoms with Crippen molar-refractivity contribution in [3.05, 3.63) is 29.3 Å². The molecule has 15 heavy (non-hydrogen) atoms. The van der Waals surface area contributed by atoms with E-state index in [1.807, 2.05) is 0 Å². The van der Waals surface area contributed by atoms with Gasteiger partial charge in [0.05, 0.1) is 7.11 Å². The number of ether oxygens (including phenoxy) is 2. The zero-order valence-electron chi connectivity index (χ0n) is 7.92. The zero-order chi connectivity index (χ0) is 11.0. The molecule has 80 valence electrons. The van der Waals surface area contributed by atoms with Crippen molar-refractivity contribution in [1.29, 1.82) is 0 Å². The van der Waals surface area contributed by atoms with Crippen LogP contribution in [0.2, 0.25) is 0 Å². The highest BCUT2D eigenvalue weighted by Crippen LogP contribution is 2.37. The van der Waals surface area contributed by atoms with Crippen molar-refractivity contribution in [3.63, 3.8) is 0 Å². The summed E-state index contributed by atoms with van der Waals surface area (Å²) in [6.07, 6.45) is 0. The molecule has 0 amide bonds. The van der Waals surface area contributed by atoms with Crippen molar-refractivity contribution in [2.75, 3.05) is 13.7 Å². The van der Waals surface area contributed by atoms with Crippen molar-refractivity contribution in [1.82, 2.24) is 0 Å². The summed E-state index contributed by atoms with van der Waals surface area (Å²) in [5.74, 6) is -3.41. The molecule has 2 rings (SSSR count). The monoisotopic (exact) mass is 214 g/mol. The minimum atomic E-state index is -1.06. The number of halogens is 2. The standard InChI is InChI=1S/C10H8F2O3/c1-14-10(13)6-4-15-9-5(6)2-3-7(11)8(9)12/h2-3,6H,4H2,1H3. The Morgan fingerprint density at radius 3 is 2.93 bits per heavy atom. The molecule has 1 aromatic rings. The molecule has 0 saturated carbocycles. The van der Waals surface area contributed by atoms with Crippen LogP contribution in [0.1, 0.15) is 11.5 Å². The van der Waals surface area contributed by atoms with Gasteiger partial charge in [0.1, 0.15) is 12.5 Å². The van der Waals surface area contributed by atoms with E-state index in [-0.39, 0.29) is 12.4 Å². The van der Waals surface area contributed by atoms with Gasteiger partial charge in [-0.3, -0.25) is 4.79 Å². The van der Waals surface area contributed by atoms with Gasteiger partial charge >= 0.3 is 5.97 Å². The second-order valence-corrected chi connectivity index (χ2v) is 3.17. The molecule has 0 saturated heterocycles. The molecular weight excluding hydrogens is 206 g/mol. The SMILES string of the molecule is COC(=O)C1COc2c1ccc(F)c2F. The molecule has 1 heterocycles. The number of carbonyl (C=O) groups is 1. The van der Waals surface area contributed by atoms with Crippen molar-refractivity contribution in [3.8, 4) is 5.75 Å². The van der Waals surface area contributed by atoms with Crippen LogP contribution in [-0.2, 0) is 9.53 Å². The molecule has 1 atom stereocenters. The summed E-state index contributed by atoms with van der Waals surface area (Å²) in [5.41, 5.74) is 0.334. The molecule has 0 aliphatic carbocycles. The van der Waals surface area contributed by atoms with E-state index in [4.69, 9.17) is 4.74 Å². The Balaban J connectivity index is 2.44. The van der Waals surface area contributed by atoms with E-state index in [2.05, 4.69) is 4.74 Å². The van der Waals surface area contributed by atoms with Crippen molar-refractivity contribution in [2.45, 2.75) is 5.92 Å². The summed E-state index contributed by atoms with van der Waals surface area (Å²) in [6, 6.07) is 2.31. The molecule has 0 bridgehead atoms. The van der Waals surface area contributed by atoms with Crippen LogP contribution in [0.3, 0.4) is 0 Å². The van der Waals surface area contributed by atoms with Crippen molar-refractivity contribution in [2.24, 2.45) is 0 Å². The number of hydrogen-bond donors (Lipinski definition) is 0. The molecule has 3 nitrogen and oxygen atoms in total. The number of hydrogen-bond acceptors (Lipinski definition) is 3. The van der Waals surface area contributed by atoms with E-state index in [1.165, 1.54) is 13.2 Å². The first-order valence-electron chi connectivity index (χ1n) is 4.33. The highest BCUT2D eigenvalue weighted by molar-refractivity contribution is 5.80. The van der Waals surface area contributed by atoms with E-state index >= 15 is 0 Å². The van der Waals surface area contributed by atoms with Gasteiger partial charge in [0.15, 0.2) is 11.6 Å². The summed E-state index contributed by atoms with van der Waals surface area (Å²) in [4.78, 5) is 11.3. The van der Waals surface area contributed by atoms with Gasteiger partial charge in [0.2, 0.25) is 5.82 Å². The molecular formula is C10H8F2O3. The minimum Gasteiger partial charge on any atom is -0.489 e. The molecule has 0 fully saturated rings. The number of esters is 1. The summed E-state index contributed by atoms with van der Waals surface area (Å²) in [6.45, 7) is -0.0115. The normalized spacial score (nSPS) is 18.2. The number of rotatable bonds is 1. The van der Waals surface area contributed by atoms with Crippen LogP contribution in [0.5, 0.6) is 5.75 Å². The number of benzene rings is 1. The average molecular weight is 214 g/mol. The maximum absolute atomic E-state index is 13.2. The fourth-order valence-electron chi connectivity index (χ4n) is 1.56. The highest BCUT2D eigenvalue weighted by Gasteiger charge is 2.34. The predicted molar refractivity (Wildman–Crippen MR) is 46.6 cm³/mol. The van der Waals surface area contributed by atoms with E-state index in [0.717, 1.165) is 6.07 Å². The number of carbonyl (C=O) groups excluding carboxylic acids is 1. The third-order valence-corrected chi connectivity index (χ3v) is 2.34. The average Bonchev–Trinajstić information content (AvgIpc) is 2.66. The molecule has 0 aromatic heterocycles. The Kier molecular flexibility index (Phi) is 2.30. The molecule has 1 aliphatic heterocycles. The lowest BCUT2D eigenvalue weighted by molar-refractivity contribution is -0.142. The van der Waals surface area contributed by atoms with Crippen molar-refractivity contribution >= 4 is 5.97 Å². The van der Waals surface area contributed by atoms with Gasteiger partial charge in [0, 0.05) is 5.56 Å². The molecule has 1 unspecified atom stereocenters. The summed E-state index contributed by atoms with van der Waals surface area (Å²) >= 11 is 0. The lowest BCUT2D eigenvalue weighted by Crippen LogP contribution is -2.15. The lowest BCUT2D eigenvalue weighted by atomic mass is 10.0. The van der Waals surface area contributed by atoms with Gasteiger partial charge in [-0.2, -0.15) is 4.39 Å². The van der Waals surface area contributed by atoms with Crippen molar-refractivity contribution < 1.29 is 23.0 Å². The second kappa shape index (κ2) is 3.49. The van der Waals surface area contributed by atoms with E-state index < -0.39 is 23.5 Å². The van der Waals surface area contributed by atoms with Gasteiger partial charge in [-0.1, -0.05) is 6.07 Å². The fourth-order valence-corrected chi connectivity index (χ4v) is 1.56. The van der Waals surface area contributed by atoms with E-state index in [0.29, 0.717) is 5.56 Å². The Morgan fingerprint density at radius 2 is 2.27 bits per heavy atom. The second-order valence-electron chi connectivity index (χ2n) is 3.17. The van der Waals surface area contributed by atoms with Crippen LogP contribution in [0.4, 0.5) is 8.78 Å². The Hall–Kier alpha value is -1.65. The third-order valence-electron chi connectivity index (χ3n) is 2.34. The minimum absolute atomic E-state index is 0.0115. The summed E-state index contributed by atoms with van der Waals surface area (Å²) < 4.78 is 35.5. The van der Waals surface area contributed by atoms with Gasteiger partial charge in [-0.15, -0.1) is 0 Å². The van der Waals surface area contributed by atoms with Crippen LogP contribution >= 0.6 is 0 Å². The van der Waals surface area contributed by atoms with Gasteiger partial charge < -0.3 is 9.47 Å². The predicted octanol–water partition coefficient (Wildman–Crippen LogP) is 1.61. The fraction of sp³-hybridized carbons (Fsp3) is 0.300. The first kappa shape index (κ1) is 9.89. The van der Waals surface area contributed by atoms with Crippen LogP contribution in [0.25, 0.3) is 0 Å². The van der Waals surface area contributed by atoms with Gasteiger partial charge in [0.25, 0.3) is 0 Å². The summed E-state index contributed by atoms with van der Waals surface area (Å²) in [7, 11) is 1.24. The van der Waals surface area contributed by atoms with Gasteiger partial charge in [-0.25, -0.2) is 4.39 Å². The first-order valence-corrected chi connectivity index (χ1v) is 4.33. The van der Waals surface area contributed by atoms with E-state index in [1.54, 1.807) is 0 Å². The smallest absolute Gasteiger partial charge is 0.316 e. The molecule has 0 spiro atoms.